The van der Waals surface area contributed by atoms with Crippen molar-refractivity contribution in [3.8, 4) is 0 Å². The van der Waals surface area contributed by atoms with Crippen LogP contribution in [0.15, 0.2) is 70.7 Å². The van der Waals surface area contributed by atoms with Crippen molar-refractivity contribution in [1.82, 2.24) is 19.4 Å². The van der Waals surface area contributed by atoms with Gasteiger partial charge in [-0.05, 0) is 120 Å². The highest BCUT2D eigenvalue weighted by Crippen LogP contribution is 2.53. The van der Waals surface area contributed by atoms with E-state index in [4.69, 9.17) is 10.1 Å². The lowest BCUT2D eigenvalue weighted by molar-refractivity contribution is -0.0954. The lowest BCUT2D eigenvalue weighted by Crippen LogP contribution is -2.53. The number of primary sulfonamides is 1. The molecule has 2 unspecified atom stereocenters. The van der Waals surface area contributed by atoms with Gasteiger partial charge in [-0.2, -0.15) is 13.2 Å². The van der Waals surface area contributed by atoms with E-state index < -0.39 is 21.8 Å². The Bertz CT molecular complexity index is 2030. The van der Waals surface area contributed by atoms with Gasteiger partial charge in [0, 0.05) is 41.8 Å². The van der Waals surface area contributed by atoms with Gasteiger partial charge in [0.05, 0.1) is 15.9 Å². The van der Waals surface area contributed by atoms with Crippen molar-refractivity contribution in [2.45, 2.75) is 108 Å². The molecule has 2 aromatic carbocycles. The zero-order valence-electron chi connectivity index (χ0n) is 29.8. The molecule has 3 aliphatic heterocycles. The topological polar surface area (TPSA) is 102 Å². The fourth-order valence-electron chi connectivity index (χ4n) is 10.0. The lowest BCUT2D eigenvalue weighted by Gasteiger charge is -2.50. The number of halogens is 3. The van der Waals surface area contributed by atoms with Gasteiger partial charge >= 0.3 is 6.18 Å². The van der Waals surface area contributed by atoms with Crippen molar-refractivity contribution in [2.75, 3.05) is 19.6 Å². The van der Waals surface area contributed by atoms with E-state index in [1.807, 2.05) is 13.0 Å². The number of allylic oxidation sites excluding steroid dienone is 4. The van der Waals surface area contributed by atoms with E-state index >= 15 is 0 Å². The van der Waals surface area contributed by atoms with E-state index in [-0.39, 0.29) is 39.7 Å². The van der Waals surface area contributed by atoms with Crippen LogP contribution in [-0.2, 0) is 10.0 Å². The maximum Gasteiger partial charge on any atom is 0.412 e. The molecule has 3 fully saturated rings. The van der Waals surface area contributed by atoms with E-state index in [2.05, 4.69) is 41.5 Å². The molecule has 0 saturated carbocycles. The third-order valence-corrected chi connectivity index (χ3v) is 13.6. The largest absolute Gasteiger partial charge is 0.412 e. The Morgan fingerprint density at radius 1 is 1.04 bits per heavy atom. The summed E-state index contributed by atoms with van der Waals surface area (Å²) in [7, 11) is -4.00. The number of sulfonamides is 1. The molecule has 4 aliphatic rings. The second kappa shape index (κ2) is 12.9. The molecule has 1 amide bonds. The van der Waals surface area contributed by atoms with Crippen LogP contribution >= 0.6 is 0 Å². The number of rotatable bonds is 7. The van der Waals surface area contributed by atoms with Crippen LogP contribution in [0.1, 0.15) is 93.0 Å². The van der Waals surface area contributed by atoms with E-state index in [0.717, 1.165) is 55.6 Å². The smallest absolute Gasteiger partial charge is 0.339 e. The first-order valence-electron chi connectivity index (χ1n) is 18.1. The second-order valence-corrected chi connectivity index (χ2v) is 17.3. The fourth-order valence-corrected chi connectivity index (χ4v) is 10.8. The summed E-state index contributed by atoms with van der Waals surface area (Å²) in [6.07, 6.45) is 4.87. The summed E-state index contributed by atoms with van der Waals surface area (Å²) in [6, 6.07) is 13.6. The fraction of sp³-hybridized carbons (Fsp3) is 0.538. The Morgan fingerprint density at radius 2 is 1.76 bits per heavy atom. The van der Waals surface area contributed by atoms with Crippen LogP contribution in [0.3, 0.4) is 0 Å². The number of likely N-dealkylation sites (tertiary alicyclic amines) is 1. The molecule has 1 aromatic heterocycles. The van der Waals surface area contributed by atoms with Crippen molar-refractivity contribution in [3.63, 3.8) is 0 Å². The minimum atomic E-state index is -4.36. The average Bonchev–Trinajstić information content (AvgIpc) is 3.50. The standard InChI is InChI=1S/C39H48F3N5O3S/c1-25-9-10-28(22-35(25)51(43,49)50)36(48)45-18-15-38(16-19-45,32-12-11-29(21-26(32)2)39(40,41)42)17-20-46-30-13-14-37(46,4)24-31(23-30)47-27(3)44-33-7-5-6-8-34(33)47/h5-12,22,26,30-31H,13-21,23-24H2,1-4H3,(H2,43,49,50)/t26?,30-,31+,37?/m1/s1. The summed E-state index contributed by atoms with van der Waals surface area (Å²) < 4.78 is 68.1. The van der Waals surface area contributed by atoms with Crippen molar-refractivity contribution in [1.29, 1.82) is 0 Å². The molecule has 0 spiro atoms. The minimum absolute atomic E-state index is 0.00828. The summed E-state index contributed by atoms with van der Waals surface area (Å²) in [6.45, 7) is 9.68. The molecule has 2 N–H and O–H groups in total. The molecule has 8 nitrogen and oxygen atoms in total. The normalized spacial score (nSPS) is 27.1. The van der Waals surface area contributed by atoms with Gasteiger partial charge in [-0.15, -0.1) is 0 Å². The summed E-state index contributed by atoms with van der Waals surface area (Å²) in [5, 5.41) is 5.42. The molecule has 0 radical (unpaired) electrons. The van der Waals surface area contributed by atoms with Crippen molar-refractivity contribution in [2.24, 2.45) is 16.5 Å². The number of amides is 1. The quantitative estimate of drug-likeness (QED) is 0.270. The molecule has 51 heavy (non-hydrogen) atoms. The summed E-state index contributed by atoms with van der Waals surface area (Å²) >= 11 is 0. The van der Waals surface area contributed by atoms with Crippen LogP contribution in [-0.4, -0.2) is 71.1 Å². The van der Waals surface area contributed by atoms with E-state index in [9.17, 15) is 26.4 Å². The van der Waals surface area contributed by atoms with Gasteiger partial charge in [0.25, 0.3) is 5.91 Å². The van der Waals surface area contributed by atoms with Crippen LogP contribution in [0.25, 0.3) is 11.0 Å². The number of fused-ring (bicyclic) bond motifs is 3. The number of carbonyl (C=O) groups is 1. The maximum atomic E-state index is 13.8. The number of hydrogen-bond acceptors (Lipinski definition) is 5. The summed E-state index contributed by atoms with van der Waals surface area (Å²) in [5.74, 6) is 0.487. The molecule has 2 bridgehead atoms. The van der Waals surface area contributed by atoms with Gasteiger partial charge in [-0.1, -0.05) is 42.8 Å². The molecule has 274 valence electrons. The van der Waals surface area contributed by atoms with Gasteiger partial charge in [0.15, 0.2) is 0 Å². The molecule has 4 atom stereocenters. The number of aryl methyl sites for hydroxylation is 2. The Labute approximate surface area is 298 Å². The number of hydrogen-bond donors (Lipinski definition) is 1. The zero-order valence-corrected chi connectivity index (χ0v) is 30.7. The molecule has 4 heterocycles. The molecule has 7 rings (SSSR count). The number of alkyl halides is 3. The zero-order chi connectivity index (χ0) is 36.5. The SMILES string of the molecule is Cc1ccc(C(=O)N2CCC(CCN3[C@@H]4CCC3(C)C[C@@H](n3c(C)nc5ccccc53)C4)(C3=CC=C(C(F)(F)F)CC3C)CC2)cc1S(N)(=O)=O. The summed E-state index contributed by atoms with van der Waals surface area (Å²) in [4.78, 5) is 22.9. The number of aromatic nitrogens is 2. The average molecular weight is 724 g/mol. The predicted octanol–water partition coefficient (Wildman–Crippen LogP) is 7.63. The van der Waals surface area contributed by atoms with E-state index in [0.29, 0.717) is 43.6 Å². The van der Waals surface area contributed by atoms with Crippen molar-refractivity contribution >= 4 is 27.0 Å². The number of piperidine rings is 2. The van der Waals surface area contributed by atoms with Gasteiger partial charge in [-0.25, -0.2) is 18.5 Å². The molecule has 1 aliphatic carbocycles. The van der Waals surface area contributed by atoms with Gasteiger partial charge in [-0.3, -0.25) is 9.69 Å². The first-order chi connectivity index (χ1) is 24.0. The van der Waals surface area contributed by atoms with Gasteiger partial charge in [0.2, 0.25) is 10.0 Å². The van der Waals surface area contributed by atoms with Crippen LogP contribution in [0.5, 0.6) is 0 Å². The number of nitrogens with two attached hydrogens (primary N) is 1. The Hall–Kier alpha value is -3.48. The highest BCUT2D eigenvalue weighted by molar-refractivity contribution is 7.89. The lowest BCUT2D eigenvalue weighted by atomic mass is 9.64. The van der Waals surface area contributed by atoms with Crippen LogP contribution < -0.4 is 5.14 Å². The van der Waals surface area contributed by atoms with E-state index in [1.165, 1.54) is 17.7 Å². The maximum absolute atomic E-state index is 13.8. The van der Waals surface area contributed by atoms with Crippen LogP contribution in [0.4, 0.5) is 13.2 Å². The Kier molecular flexibility index (Phi) is 9.06. The Balaban J connectivity index is 1.13. The first-order valence-corrected chi connectivity index (χ1v) is 19.7. The van der Waals surface area contributed by atoms with Crippen molar-refractivity contribution in [3.05, 3.63) is 82.7 Å². The third-order valence-electron chi connectivity index (χ3n) is 12.6. The van der Waals surface area contributed by atoms with Crippen LogP contribution in [0.2, 0.25) is 0 Å². The minimum Gasteiger partial charge on any atom is -0.339 e. The predicted molar refractivity (Wildman–Crippen MR) is 192 cm³/mol. The second-order valence-electron chi connectivity index (χ2n) is 15.8. The molecule has 3 saturated heterocycles. The molecular formula is C39H48F3N5O3S. The Morgan fingerprint density at radius 3 is 2.43 bits per heavy atom. The van der Waals surface area contributed by atoms with Gasteiger partial charge < -0.3 is 9.47 Å². The number of carbonyl (C=O) groups excluding carboxylic acids is 1. The number of para-hydroxylation sites is 2. The van der Waals surface area contributed by atoms with Crippen molar-refractivity contribution < 1.29 is 26.4 Å². The highest BCUT2D eigenvalue weighted by Gasteiger charge is 2.51. The highest BCUT2D eigenvalue weighted by atomic mass is 32.2. The van der Waals surface area contributed by atoms with Gasteiger partial charge in [0.1, 0.15) is 5.82 Å². The van der Waals surface area contributed by atoms with E-state index in [1.54, 1.807) is 30.0 Å². The number of imidazole rings is 1. The van der Waals surface area contributed by atoms with Crippen LogP contribution in [0, 0.1) is 25.2 Å². The molecular weight excluding hydrogens is 676 g/mol. The number of nitrogens with zero attached hydrogens (tertiary/aromatic N) is 4. The summed E-state index contributed by atoms with van der Waals surface area (Å²) in [5.41, 5.74) is 3.09. The molecule has 3 aromatic rings. The molecule has 12 heteroatoms. The monoisotopic (exact) mass is 723 g/mol. The number of benzene rings is 2. The third kappa shape index (κ3) is 6.56. The first kappa shape index (κ1) is 35.9.